The Hall–Kier alpha value is -2.43. The highest BCUT2D eigenvalue weighted by Crippen LogP contribution is 2.19. The van der Waals surface area contributed by atoms with E-state index in [1.165, 1.54) is 18.2 Å². The number of esters is 1. The van der Waals surface area contributed by atoms with Crippen molar-refractivity contribution in [1.82, 2.24) is 4.98 Å². The molecule has 0 aliphatic rings. The first-order valence-corrected chi connectivity index (χ1v) is 7.51. The van der Waals surface area contributed by atoms with Crippen molar-refractivity contribution >= 4 is 11.7 Å². The number of benzene rings is 1. The van der Waals surface area contributed by atoms with E-state index in [0.717, 1.165) is 5.56 Å². The highest BCUT2D eigenvalue weighted by atomic mass is 19.1. The molecule has 0 aliphatic carbocycles. The Bertz CT molecular complexity index is 666. The van der Waals surface area contributed by atoms with E-state index in [1.54, 1.807) is 33.2 Å². The van der Waals surface area contributed by atoms with Gasteiger partial charge in [0.05, 0.1) is 11.3 Å². The number of hydrogen-bond donors (Lipinski definition) is 1. The van der Waals surface area contributed by atoms with Crippen LogP contribution in [-0.2, 0) is 11.2 Å². The number of aromatic nitrogens is 1. The zero-order valence-electron chi connectivity index (χ0n) is 13.6. The molecule has 0 atom stereocenters. The van der Waals surface area contributed by atoms with Crippen LogP contribution in [0.2, 0.25) is 0 Å². The minimum Gasteiger partial charge on any atom is -0.456 e. The summed E-state index contributed by atoms with van der Waals surface area (Å²) >= 11 is 0. The molecule has 0 amide bonds. The van der Waals surface area contributed by atoms with Crippen LogP contribution < -0.4 is 5.32 Å². The molecule has 0 saturated carbocycles. The molecule has 122 valence electrons. The summed E-state index contributed by atoms with van der Waals surface area (Å²) < 4.78 is 19.2. The van der Waals surface area contributed by atoms with Crippen LogP contribution in [0.5, 0.6) is 0 Å². The standard InChI is InChI=1S/C18H21FN2O2/c1-18(2,3)23-17(22)14-6-7-15(19)16(11-14)21-10-8-13-5-4-9-20-12-13/h4-7,9,11-12,21H,8,10H2,1-3H3. The lowest BCUT2D eigenvalue weighted by atomic mass is 10.1. The first kappa shape index (κ1) is 16.9. The molecule has 2 rings (SSSR count). The van der Waals surface area contributed by atoms with Gasteiger partial charge < -0.3 is 10.1 Å². The molecule has 0 saturated heterocycles. The molecule has 0 unspecified atom stereocenters. The van der Waals surface area contributed by atoms with E-state index in [-0.39, 0.29) is 5.69 Å². The number of pyridine rings is 1. The van der Waals surface area contributed by atoms with E-state index < -0.39 is 17.4 Å². The average molecular weight is 316 g/mol. The number of carbonyl (C=O) groups excluding carboxylic acids is 1. The lowest BCUT2D eigenvalue weighted by molar-refractivity contribution is 0.00695. The maximum Gasteiger partial charge on any atom is 0.338 e. The summed E-state index contributed by atoms with van der Waals surface area (Å²) in [5, 5.41) is 3.01. The van der Waals surface area contributed by atoms with Crippen LogP contribution in [0.4, 0.5) is 10.1 Å². The molecular formula is C18H21FN2O2. The highest BCUT2D eigenvalue weighted by molar-refractivity contribution is 5.90. The van der Waals surface area contributed by atoms with E-state index in [0.29, 0.717) is 18.5 Å². The Kier molecular flexibility index (Phi) is 5.32. The second kappa shape index (κ2) is 7.22. The van der Waals surface area contributed by atoms with Crippen LogP contribution in [-0.4, -0.2) is 23.1 Å². The van der Waals surface area contributed by atoms with E-state index in [2.05, 4.69) is 10.3 Å². The van der Waals surface area contributed by atoms with Crippen LogP contribution >= 0.6 is 0 Å². The van der Waals surface area contributed by atoms with Crippen molar-refractivity contribution in [3.05, 3.63) is 59.7 Å². The van der Waals surface area contributed by atoms with Crippen molar-refractivity contribution in [3.8, 4) is 0 Å². The summed E-state index contributed by atoms with van der Waals surface area (Å²) in [5.41, 5.74) is 1.09. The molecule has 2 aromatic rings. The summed E-state index contributed by atoms with van der Waals surface area (Å²) in [6.07, 6.45) is 4.19. The van der Waals surface area contributed by atoms with Gasteiger partial charge in [0.25, 0.3) is 0 Å². The number of nitrogens with zero attached hydrogens (tertiary/aromatic N) is 1. The third kappa shape index (κ3) is 5.36. The van der Waals surface area contributed by atoms with E-state index in [9.17, 15) is 9.18 Å². The number of nitrogens with one attached hydrogen (secondary N) is 1. The van der Waals surface area contributed by atoms with E-state index in [1.807, 2.05) is 12.1 Å². The predicted octanol–water partition coefficient (Wildman–Crippen LogP) is 3.83. The SMILES string of the molecule is CC(C)(C)OC(=O)c1ccc(F)c(NCCc2cccnc2)c1. The van der Waals surface area contributed by atoms with Crippen molar-refractivity contribution < 1.29 is 13.9 Å². The van der Waals surface area contributed by atoms with Gasteiger partial charge in [-0.25, -0.2) is 9.18 Å². The van der Waals surface area contributed by atoms with E-state index in [4.69, 9.17) is 4.74 Å². The molecule has 1 N–H and O–H groups in total. The predicted molar refractivity (Wildman–Crippen MR) is 88.0 cm³/mol. The molecule has 1 aromatic heterocycles. The third-order valence-corrected chi connectivity index (χ3v) is 3.05. The minimum atomic E-state index is -0.584. The van der Waals surface area contributed by atoms with Crippen LogP contribution in [0.15, 0.2) is 42.7 Å². The molecule has 1 aromatic carbocycles. The van der Waals surface area contributed by atoms with Crippen molar-refractivity contribution in [2.45, 2.75) is 32.8 Å². The van der Waals surface area contributed by atoms with Gasteiger partial charge in [0.1, 0.15) is 11.4 Å². The third-order valence-electron chi connectivity index (χ3n) is 3.05. The molecule has 1 heterocycles. The zero-order chi connectivity index (χ0) is 16.9. The number of ether oxygens (including phenoxy) is 1. The molecule has 4 nitrogen and oxygen atoms in total. The van der Waals surface area contributed by atoms with Crippen molar-refractivity contribution in [2.75, 3.05) is 11.9 Å². The quantitative estimate of drug-likeness (QED) is 0.852. The zero-order valence-corrected chi connectivity index (χ0v) is 13.6. The van der Waals surface area contributed by atoms with Crippen LogP contribution in [0.25, 0.3) is 0 Å². The van der Waals surface area contributed by atoms with Gasteiger partial charge in [-0.15, -0.1) is 0 Å². The lowest BCUT2D eigenvalue weighted by Gasteiger charge is -2.19. The first-order valence-electron chi connectivity index (χ1n) is 7.51. The molecule has 0 radical (unpaired) electrons. The Morgan fingerprint density at radius 3 is 2.74 bits per heavy atom. The Labute approximate surface area is 135 Å². The van der Waals surface area contributed by atoms with Gasteiger partial charge in [0.2, 0.25) is 0 Å². The van der Waals surface area contributed by atoms with Crippen LogP contribution in [0.3, 0.4) is 0 Å². The van der Waals surface area contributed by atoms with E-state index >= 15 is 0 Å². The second-order valence-electron chi connectivity index (χ2n) is 6.23. The summed E-state index contributed by atoms with van der Waals surface area (Å²) in [6, 6.07) is 8.00. The van der Waals surface area contributed by atoms with Crippen molar-refractivity contribution in [1.29, 1.82) is 0 Å². The van der Waals surface area contributed by atoms with Gasteiger partial charge in [-0.1, -0.05) is 6.07 Å². The number of rotatable bonds is 5. The Morgan fingerprint density at radius 2 is 2.09 bits per heavy atom. The van der Waals surface area contributed by atoms with Gasteiger partial charge in [-0.3, -0.25) is 4.98 Å². The summed E-state index contributed by atoms with van der Waals surface area (Å²) in [7, 11) is 0. The topological polar surface area (TPSA) is 51.2 Å². The van der Waals surface area contributed by atoms with Crippen LogP contribution in [0.1, 0.15) is 36.7 Å². The monoisotopic (exact) mass is 316 g/mol. The molecule has 0 fully saturated rings. The van der Waals surface area contributed by atoms with Crippen LogP contribution in [0, 0.1) is 5.82 Å². The molecular weight excluding hydrogens is 295 g/mol. The maximum atomic E-state index is 13.9. The highest BCUT2D eigenvalue weighted by Gasteiger charge is 2.18. The number of halogens is 1. The van der Waals surface area contributed by atoms with Gasteiger partial charge in [-0.2, -0.15) is 0 Å². The maximum absolute atomic E-state index is 13.9. The summed E-state index contributed by atoms with van der Waals surface area (Å²) in [5.74, 6) is -0.865. The largest absolute Gasteiger partial charge is 0.456 e. The molecule has 23 heavy (non-hydrogen) atoms. The summed E-state index contributed by atoms with van der Waals surface area (Å²) in [6.45, 7) is 5.92. The number of hydrogen-bond acceptors (Lipinski definition) is 4. The molecule has 0 spiro atoms. The van der Waals surface area contributed by atoms with Gasteiger partial charge >= 0.3 is 5.97 Å². The fourth-order valence-electron chi connectivity index (χ4n) is 2.01. The molecule has 5 heteroatoms. The smallest absolute Gasteiger partial charge is 0.338 e. The first-order chi connectivity index (χ1) is 10.8. The van der Waals surface area contributed by atoms with Crippen molar-refractivity contribution in [3.63, 3.8) is 0 Å². The average Bonchev–Trinajstić information content (AvgIpc) is 2.48. The van der Waals surface area contributed by atoms with Gasteiger partial charge in [0.15, 0.2) is 0 Å². The molecule has 0 bridgehead atoms. The number of carbonyl (C=O) groups is 1. The van der Waals surface area contributed by atoms with Crippen molar-refractivity contribution in [2.24, 2.45) is 0 Å². The number of anilines is 1. The lowest BCUT2D eigenvalue weighted by Crippen LogP contribution is -2.24. The Morgan fingerprint density at radius 1 is 1.30 bits per heavy atom. The Balaban J connectivity index is 2.01. The minimum absolute atomic E-state index is 0.289. The second-order valence-corrected chi connectivity index (χ2v) is 6.23. The summed E-state index contributed by atoms with van der Waals surface area (Å²) in [4.78, 5) is 16.1. The fraction of sp³-hybridized carbons (Fsp3) is 0.333. The van der Waals surface area contributed by atoms with Gasteiger partial charge in [-0.05, 0) is 57.0 Å². The molecule has 0 aliphatic heterocycles. The fourth-order valence-corrected chi connectivity index (χ4v) is 2.01. The normalized spacial score (nSPS) is 11.1. The van der Waals surface area contributed by atoms with Gasteiger partial charge in [0, 0.05) is 18.9 Å².